The molecular formula is C29H28F2N2O. The van der Waals surface area contributed by atoms with E-state index in [2.05, 4.69) is 29.0 Å². The fraction of sp³-hybridized carbons (Fsp3) is 0.310. The molecule has 3 aromatic rings. The summed E-state index contributed by atoms with van der Waals surface area (Å²) >= 11 is 0. The standard InChI is InChI=1S/C29H28F2N2O/c1-3-5-21-9-16-26-22(18-21)19-28(30)27(29(26)31)17-8-20-6-10-23(11-7-20)32-33-24-12-14-25(15-13-24)34-4-2/h6-7,10-15,19,21H,3-5,9,16,18H2,1-2H3. The first-order chi connectivity index (χ1) is 16.6. The minimum atomic E-state index is -0.582. The summed E-state index contributed by atoms with van der Waals surface area (Å²) in [6.07, 6.45) is 4.53. The summed E-state index contributed by atoms with van der Waals surface area (Å²) in [4.78, 5) is 0. The van der Waals surface area contributed by atoms with Crippen LogP contribution in [0, 0.1) is 29.4 Å². The lowest BCUT2D eigenvalue weighted by molar-refractivity contribution is 0.340. The van der Waals surface area contributed by atoms with Gasteiger partial charge in [-0.05, 0) is 97.8 Å². The lowest BCUT2D eigenvalue weighted by Gasteiger charge is -2.25. The Morgan fingerprint density at radius 2 is 1.62 bits per heavy atom. The molecule has 34 heavy (non-hydrogen) atoms. The predicted octanol–water partition coefficient (Wildman–Crippen LogP) is 8.08. The van der Waals surface area contributed by atoms with Gasteiger partial charge in [0, 0.05) is 5.56 Å². The van der Waals surface area contributed by atoms with Crippen LogP contribution in [0.2, 0.25) is 0 Å². The first-order valence-corrected chi connectivity index (χ1v) is 11.8. The molecule has 3 nitrogen and oxygen atoms in total. The molecule has 0 radical (unpaired) electrons. The van der Waals surface area contributed by atoms with E-state index >= 15 is 4.39 Å². The highest BCUT2D eigenvalue weighted by atomic mass is 19.1. The van der Waals surface area contributed by atoms with E-state index in [4.69, 9.17) is 4.74 Å². The Labute approximate surface area is 199 Å². The van der Waals surface area contributed by atoms with Crippen LogP contribution in [-0.4, -0.2) is 6.61 Å². The molecule has 3 aromatic carbocycles. The van der Waals surface area contributed by atoms with Crippen LogP contribution in [0.25, 0.3) is 0 Å². The fourth-order valence-corrected chi connectivity index (χ4v) is 4.33. The van der Waals surface area contributed by atoms with Gasteiger partial charge in [0.05, 0.1) is 23.5 Å². The number of fused-ring (bicyclic) bond motifs is 1. The van der Waals surface area contributed by atoms with Crippen molar-refractivity contribution in [1.29, 1.82) is 0 Å². The summed E-state index contributed by atoms with van der Waals surface area (Å²) in [5, 5.41) is 8.44. The third-order valence-electron chi connectivity index (χ3n) is 6.05. The number of halogens is 2. The van der Waals surface area contributed by atoms with Gasteiger partial charge in [-0.25, -0.2) is 8.78 Å². The number of nitrogens with zero attached hydrogens (tertiary/aromatic N) is 2. The number of azo groups is 1. The van der Waals surface area contributed by atoms with Gasteiger partial charge in [-0.2, -0.15) is 10.2 Å². The highest BCUT2D eigenvalue weighted by molar-refractivity contribution is 5.50. The Balaban J connectivity index is 1.46. The van der Waals surface area contributed by atoms with Crippen molar-refractivity contribution in [3.05, 3.63) is 88.5 Å². The zero-order valence-corrected chi connectivity index (χ0v) is 19.6. The molecule has 0 amide bonds. The number of hydrogen-bond acceptors (Lipinski definition) is 3. The molecule has 0 aromatic heterocycles. The highest BCUT2D eigenvalue weighted by Crippen LogP contribution is 2.32. The molecule has 0 N–H and O–H groups in total. The van der Waals surface area contributed by atoms with Crippen LogP contribution in [0.4, 0.5) is 20.2 Å². The average Bonchev–Trinajstić information content (AvgIpc) is 2.84. The van der Waals surface area contributed by atoms with Gasteiger partial charge in [0.2, 0.25) is 0 Å². The van der Waals surface area contributed by atoms with Gasteiger partial charge >= 0.3 is 0 Å². The summed E-state index contributed by atoms with van der Waals surface area (Å²) in [7, 11) is 0. The first kappa shape index (κ1) is 23.6. The van der Waals surface area contributed by atoms with Crippen molar-refractivity contribution in [2.24, 2.45) is 16.1 Å². The zero-order chi connectivity index (χ0) is 23.9. The maximum Gasteiger partial charge on any atom is 0.145 e. The Morgan fingerprint density at radius 1 is 0.941 bits per heavy atom. The smallest absolute Gasteiger partial charge is 0.145 e. The Morgan fingerprint density at radius 3 is 2.26 bits per heavy atom. The number of benzene rings is 3. The molecule has 1 aliphatic rings. The Hall–Kier alpha value is -3.52. The van der Waals surface area contributed by atoms with Gasteiger partial charge in [0.1, 0.15) is 17.4 Å². The van der Waals surface area contributed by atoms with Crippen LogP contribution in [0.15, 0.2) is 64.8 Å². The lowest BCUT2D eigenvalue weighted by Crippen LogP contribution is -2.17. The summed E-state index contributed by atoms with van der Waals surface area (Å²) < 4.78 is 35.1. The first-order valence-electron chi connectivity index (χ1n) is 11.8. The van der Waals surface area contributed by atoms with Crippen LogP contribution in [-0.2, 0) is 12.8 Å². The van der Waals surface area contributed by atoms with E-state index in [9.17, 15) is 4.39 Å². The predicted molar refractivity (Wildman–Crippen MR) is 131 cm³/mol. The molecule has 0 heterocycles. The SMILES string of the molecule is CCCC1CCc2c(cc(F)c(C#Cc3ccc(N=Nc4ccc(OCC)cc4)cc3)c2F)C1. The average molecular weight is 459 g/mol. The van der Waals surface area contributed by atoms with Gasteiger partial charge in [-0.3, -0.25) is 0 Å². The summed E-state index contributed by atoms with van der Waals surface area (Å²) in [5.41, 5.74) is 3.31. The van der Waals surface area contributed by atoms with Crippen molar-refractivity contribution in [3.63, 3.8) is 0 Å². The van der Waals surface area contributed by atoms with Crippen LogP contribution >= 0.6 is 0 Å². The lowest BCUT2D eigenvalue weighted by atomic mass is 9.81. The second-order valence-electron chi connectivity index (χ2n) is 8.51. The largest absolute Gasteiger partial charge is 0.494 e. The van der Waals surface area contributed by atoms with Crippen LogP contribution in [0.5, 0.6) is 5.75 Å². The van der Waals surface area contributed by atoms with E-state index in [1.165, 1.54) is 6.07 Å². The van der Waals surface area contributed by atoms with Crippen LogP contribution in [0.1, 0.15) is 55.4 Å². The van der Waals surface area contributed by atoms with E-state index < -0.39 is 11.6 Å². The summed E-state index contributed by atoms with van der Waals surface area (Å²) in [6.45, 7) is 4.69. The molecule has 1 aliphatic carbocycles. The topological polar surface area (TPSA) is 34.0 Å². The molecule has 0 aliphatic heterocycles. The van der Waals surface area contributed by atoms with Crippen molar-refractivity contribution in [3.8, 4) is 17.6 Å². The number of ether oxygens (including phenoxy) is 1. The van der Waals surface area contributed by atoms with Crippen molar-refractivity contribution in [2.75, 3.05) is 6.61 Å². The normalized spacial score (nSPS) is 15.0. The van der Waals surface area contributed by atoms with Crippen molar-refractivity contribution >= 4 is 11.4 Å². The van der Waals surface area contributed by atoms with E-state index in [-0.39, 0.29) is 5.56 Å². The van der Waals surface area contributed by atoms with Gasteiger partial charge in [0.15, 0.2) is 0 Å². The third kappa shape index (κ3) is 5.69. The molecule has 0 bridgehead atoms. The molecule has 4 rings (SSSR count). The minimum Gasteiger partial charge on any atom is -0.494 e. The zero-order valence-electron chi connectivity index (χ0n) is 19.6. The van der Waals surface area contributed by atoms with Crippen molar-refractivity contribution in [2.45, 2.75) is 46.0 Å². The second kappa shape index (κ2) is 11.1. The van der Waals surface area contributed by atoms with Crippen molar-refractivity contribution < 1.29 is 13.5 Å². The molecular weight excluding hydrogens is 430 g/mol. The maximum absolute atomic E-state index is 15.0. The molecule has 0 saturated carbocycles. The molecule has 0 fully saturated rings. The van der Waals surface area contributed by atoms with Crippen LogP contribution < -0.4 is 4.74 Å². The quantitative estimate of drug-likeness (QED) is 0.271. The van der Waals surface area contributed by atoms with Crippen LogP contribution in [0.3, 0.4) is 0 Å². The Kier molecular flexibility index (Phi) is 7.69. The highest BCUT2D eigenvalue weighted by Gasteiger charge is 2.24. The third-order valence-corrected chi connectivity index (χ3v) is 6.05. The maximum atomic E-state index is 15.0. The van der Waals surface area contributed by atoms with E-state index in [1.54, 1.807) is 24.3 Å². The van der Waals surface area contributed by atoms with Gasteiger partial charge in [0.25, 0.3) is 0 Å². The summed E-state index contributed by atoms with van der Waals surface area (Å²) in [5.74, 6) is 5.81. The molecule has 174 valence electrons. The summed E-state index contributed by atoms with van der Waals surface area (Å²) in [6, 6.07) is 15.9. The molecule has 1 atom stereocenters. The van der Waals surface area contributed by atoms with Crippen molar-refractivity contribution in [1.82, 2.24) is 0 Å². The molecule has 1 unspecified atom stereocenters. The number of rotatable bonds is 6. The van der Waals surface area contributed by atoms with Gasteiger partial charge < -0.3 is 4.74 Å². The number of hydrogen-bond donors (Lipinski definition) is 0. The monoisotopic (exact) mass is 458 g/mol. The molecule has 0 saturated heterocycles. The molecule has 0 spiro atoms. The van der Waals surface area contributed by atoms with Gasteiger partial charge in [-0.15, -0.1) is 0 Å². The minimum absolute atomic E-state index is 0.146. The second-order valence-corrected chi connectivity index (χ2v) is 8.51. The van der Waals surface area contributed by atoms with E-state index in [1.807, 2.05) is 31.2 Å². The van der Waals surface area contributed by atoms with Gasteiger partial charge in [-0.1, -0.05) is 31.6 Å². The molecule has 5 heteroatoms. The fourth-order valence-electron chi connectivity index (χ4n) is 4.33. The Bertz CT molecular complexity index is 1220. The van der Waals surface area contributed by atoms with E-state index in [0.29, 0.717) is 41.4 Å². The van der Waals surface area contributed by atoms with E-state index in [0.717, 1.165) is 37.0 Å².